The van der Waals surface area contributed by atoms with E-state index in [9.17, 15) is 5.11 Å². The fourth-order valence-electron chi connectivity index (χ4n) is 1.79. The second kappa shape index (κ2) is 4.13. The quantitative estimate of drug-likeness (QED) is 0.786. The van der Waals surface area contributed by atoms with Crippen molar-refractivity contribution in [1.82, 2.24) is 0 Å². The van der Waals surface area contributed by atoms with Crippen molar-refractivity contribution >= 4 is 19.9 Å². The average molecular weight is 231 g/mol. The lowest BCUT2D eigenvalue weighted by molar-refractivity contribution is 0.165. The molecule has 0 radical (unpaired) electrons. The van der Waals surface area contributed by atoms with Crippen LogP contribution >= 0.6 is 19.9 Å². The summed E-state index contributed by atoms with van der Waals surface area (Å²) in [7, 11) is 5.50. The number of halogens is 1. The third kappa shape index (κ3) is 2.08. The van der Waals surface area contributed by atoms with Crippen LogP contribution in [0.2, 0.25) is 0 Å². The topological polar surface area (TPSA) is 20.2 Å². The van der Waals surface area contributed by atoms with Crippen LogP contribution in [0.25, 0.3) is 0 Å². The van der Waals surface area contributed by atoms with E-state index in [1.807, 2.05) is 18.2 Å². The van der Waals surface area contributed by atoms with Crippen LogP contribution in [0.3, 0.4) is 0 Å². The molecule has 1 aliphatic heterocycles. The lowest BCUT2D eigenvalue weighted by atomic mass is 10.2. The number of hydrogen-bond acceptors (Lipinski definition) is 1. The van der Waals surface area contributed by atoms with Gasteiger partial charge in [0.2, 0.25) is 0 Å². The van der Waals surface area contributed by atoms with Crippen LogP contribution in [0.15, 0.2) is 35.2 Å². The summed E-state index contributed by atoms with van der Waals surface area (Å²) < 4.78 is 0. The van der Waals surface area contributed by atoms with Gasteiger partial charge in [0.05, 0.1) is 6.10 Å². The molecule has 1 aromatic rings. The summed E-state index contributed by atoms with van der Waals surface area (Å²) in [6.07, 6.45) is 1.58. The second-order valence-electron chi connectivity index (χ2n) is 3.74. The van der Waals surface area contributed by atoms with Gasteiger partial charge in [0, 0.05) is 4.90 Å². The molecule has 1 heterocycles. The Labute approximate surface area is 90.9 Å². The van der Waals surface area contributed by atoms with Gasteiger partial charge in [0.25, 0.3) is 0 Å². The molecule has 1 saturated heterocycles. The number of aliphatic hydroxyl groups is 1. The zero-order valence-electron chi connectivity index (χ0n) is 8.03. The molecule has 0 aliphatic carbocycles. The Bertz CT molecular complexity index is 293. The Balaban J connectivity index is 2.17. The Hall–Kier alpha value is -0.180. The minimum atomic E-state index is -1.14. The number of hydrogen-bond donors (Lipinski definition) is 1. The molecule has 1 N–H and O–H groups in total. The molecule has 1 aliphatic rings. The number of rotatable bonds is 1. The molecule has 78 valence electrons. The van der Waals surface area contributed by atoms with E-state index in [-0.39, 0.29) is 6.10 Å². The molecule has 0 bridgehead atoms. The van der Waals surface area contributed by atoms with Crippen molar-refractivity contribution in [3.05, 3.63) is 30.3 Å². The summed E-state index contributed by atoms with van der Waals surface area (Å²) in [5.41, 5.74) is 0. The van der Waals surface area contributed by atoms with Gasteiger partial charge in [-0.3, -0.25) is 0 Å². The maximum atomic E-state index is 9.44. The van der Waals surface area contributed by atoms with Crippen molar-refractivity contribution in [2.75, 3.05) is 11.5 Å². The van der Waals surface area contributed by atoms with E-state index in [0.717, 1.165) is 24.3 Å². The Morgan fingerprint density at radius 3 is 2.29 bits per heavy atom. The highest BCUT2D eigenvalue weighted by Crippen LogP contribution is 2.63. The standard InChI is InChI=1S/C11H15ClOS/c12-14(8-6-10(13)7-9-14)11-4-2-1-3-5-11/h1-5,10,13H,6-9H2. The molecule has 0 aromatic heterocycles. The molecule has 2 rings (SSSR count). The van der Waals surface area contributed by atoms with Gasteiger partial charge in [0.15, 0.2) is 0 Å². The summed E-state index contributed by atoms with van der Waals surface area (Å²) in [5.74, 6) is 1.92. The van der Waals surface area contributed by atoms with Crippen LogP contribution in [-0.4, -0.2) is 22.7 Å². The van der Waals surface area contributed by atoms with E-state index < -0.39 is 9.24 Å². The summed E-state index contributed by atoms with van der Waals surface area (Å²) in [5, 5.41) is 9.44. The molecule has 1 fully saturated rings. The predicted octanol–water partition coefficient (Wildman–Crippen LogP) is 3.16. The van der Waals surface area contributed by atoms with Crippen LogP contribution in [-0.2, 0) is 0 Å². The first-order valence-electron chi connectivity index (χ1n) is 4.92. The molecular formula is C11H15ClOS. The molecule has 0 saturated carbocycles. The highest BCUT2D eigenvalue weighted by atomic mass is 35.7. The van der Waals surface area contributed by atoms with Crippen LogP contribution in [0.1, 0.15) is 12.8 Å². The van der Waals surface area contributed by atoms with Gasteiger partial charge in [-0.25, -0.2) is 0 Å². The first-order chi connectivity index (χ1) is 6.71. The van der Waals surface area contributed by atoms with Gasteiger partial charge in [0.1, 0.15) is 0 Å². The zero-order chi connectivity index (χ0) is 10.0. The maximum absolute atomic E-state index is 9.44. The van der Waals surface area contributed by atoms with E-state index in [1.54, 1.807) is 0 Å². The molecule has 14 heavy (non-hydrogen) atoms. The predicted molar refractivity (Wildman–Crippen MR) is 63.1 cm³/mol. The third-order valence-corrected chi connectivity index (χ3v) is 7.06. The first-order valence-corrected chi connectivity index (χ1v) is 7.72. The largest absolute Gasteiger partial charge is 0.393 e. The molecular weight excluding hydrogens is 216 g/mol. The molecule has 0 atom stereocenters. The van der Waals surface area contributed by atoms with E-state index in [2.05, 4.69) is 12.1 Å². The number of aliphatic hydroxyl groups excluding tert-OH is 1. The fraction of sp³-hybridized carbons (Fsp3) is 0.455. The van der Waals surface area contributed by atoms with Gasteiger partial charge < -0.3 is 5.11 Å². The van der Waals surface area contributed by atoms with Gasteiger partial charge in [-0.05, 0) is 36.5 Å². The molecule has 0 spiro atoms. The van der Waals surface area contributed by atoms with Crippen molar-refractivity contribution in [2.24, 2.45) is 0 Å². The van der Waals surface area contributed by atoms with Gasteiger partial charge in [-0.1, -0.05) is 28.9 Å². The molecule has 0 amide bonds. The fourth-order valence-corrected chi connectivity index (χ4v) is 5.25. The molecule has 1 aromatic carbocycles. The van der Waals surface area contributed by atoms with E-state index in [1.165, 1.54) is 4.90 Å². The number of benzene rings is 1. The van der Waals surface area contributed by atoms with Crippen LogP contribution < -0.4 is 0 Å². The molecule has 0 unspecified atom stereocenters. The van der Waals surface area contributed by atoms with Crippen molar-refractivity contribution in [3.63, 3.8) is 0 Å². The summed E-state index contributed by atoms with van der Waals surface area (Å²) in [6.45, 7) is 0. The molecule has 3 heteroatoms. The lowest BCUT2D eigenvalue weighted by Gasteiger charge is -2.38. The average Bonchev–Trinajstić information content (AvgIpc) is 2.24. The maximum Gasteiger partial charge on any atom is 0.0555 e. The monoisotopic (exact) mass is 230 g/mol. The summed E-state index contributed by atoms with van der Waals surface area (Å²) in [6, 6.07) is 10.3. The summed E-state index contributed by atoms with van der Waals surface area (Å²) >= 11 is 0. The SMILES string of the molecule is OC1CCS(Cl)(c2ccccc2)CC1. The zero-order valence-corrected chi connectivity index (χ0v) is 9.60. The Kier molecular flexibility index (Phi) is 3.05. The Morgan fingerprint density at radius 1 is 1.14 bits per heavy atom. The smallest absolute Gasteiger partial charge is 0.0555 e. The summed E-state index contributed by atoms with van der Waals surface area (Å²) in [4.78, 5) is 1.27. The highest BCUT2D eigenvalue weighted by Gasteiger charge is 2.29. The first kappa shape index (κ1) is 10.3. The van der Waals surface area contributed by atoms with Crippen LogP contribution in [0, 0.1) is 0 Å². The van der Waals surface area contributed by atoms with Gasteiger partial charge >= 0.3 is 0 Å². The van der Waals surface area contributed by atoms with Crippen molar-refractivity contribution < 1.29 is 5.11 Å². The van der Waals surface area contributed by atoms with Gasteiger partial charge in [-0.2, -0.15) is 0 Å². The third-order valence-electron chi connectivity index (χ3n) is 2.71. The van der Waals surface area contributed by atoms with E-state index in [0.29, 0.717) is 0 Å². The normalized spacial score (nSPS) is 37.4. The highest BCUT2D eigenvalue weighted by molar-refractivity contribution is 8.51. The van der Waals surface area contributed by atoms with E-state index >= 15 is 0 Å². The van der Waals surface area contributed by atoms with Crippen molar-refractivity contribution in [2.45, 2.75) is 23.8 Å². The second-order valence-corrected chi connectivity index (χ2v) is 8.38. The van der Waals surface area contributed by atoms with Crippen molar-refractivity contribution in [1.29, 1.82) is 0 Å². The minimum Gasteiger partial charge on any atom is -0.393 e. The van der Waals surface area contributed by atoms with E-state index in [4.69, 9.17) is 10.7 Å². The van der Waals surface area contributed by atoms with Crippen molar-refractivity contribution in [3.8, 4) is 0 Å². The van der Waals surface area contributed by atoms with Crippen LogP contribution in [0.4, 0.5) is 0 Å². The van der Waals surface area contributed by atoms with Crippen LogP contribution in [0.5, 0.6) is 0 Å². The Morgan fingerprint density at radius 2 is 1.71 bits per heavy atom. The minimum absolute atomic E-state index is 0.127. The lowest BCUT2D eigenvalue weighted by Crippen LogP contribution is -2.21. The molecule has 1 nitrogen and oxygen atoms in total. The van der Waals surface area contributed by atoms with Gasteiger partial charge in [-0.15, -0.1) is 9.24 Å².